The van der Waals surface area contributed by atoms with Gasteiger partial charge in [0.2, 0.25) is 0 Å². The number of anilines is 1. The maximum atomic E-state index is 12.5. The van der Waals surface area contributed by atoms with Gasteiger partial charge in [-0.25, -0.2) is 0 Å². The fourth-order valence-electron chi connectivity index (χ4n) is 3.05. The molecule has 0 atom stereocenters. The first-order chi connectivity index (χ1) is 12.0. The van der Waals surface area contributed by atoms with Gasteiger partial charge in [0, 0.05) is 45.0 Å². The Kier molecular flexibility index (Phi) is 6.39. The summed E-state index contributed by atoms with van der Waals surface area (Å²) >= 11 is 0. The molecule has 0 unspecified atom stereocenters. The molecule has 1 fully saturated rings. The molecular formula is C20H27N3O2. The van der Waals surface area contributed by atoms with Crippen LogP contribution in [0.4, 0.5) is 5.69 Å². The van der Waals surface area contributed by atoms with Crippen molar-refractivity contribution in [2.24, 2.45) is 0 Å². The first-order valence-electron chi connectivity index (χ1n) is 8.60. The van der Waals surface area contributed by atoms with E-state index in [9.17, 15) is 9.59 Å². The van der Waals surface area contributed by atoms with E-state index in [4.69, 9.17) is 0 Å². The van der Waals surface area contributed by atoms with E-state index >= 15 is 0 Å². The van der Waals surface area contributed by atoms with Crippen molar-refractivity contribution in [3.8, 4) is 0 Å². The molecule has 0 bridgehead atoms. The number of nitrogens with zero attached hydrogens (tertiary/aromatic N) is 3. The Bertz CT molecular complexity index is 651. The van der Waals surface area contributed by atoms with Gasteiger partial charge in [-0.15, -0.1) is 13.2 Å². The van der Waals surface area contributed by atoms with Crippen LogP contribution in [0, 0.1) is 13.8 Å². The van der Waals surface area contributed by atoms with E-state index in [0.717, 1.165) is 13.1 Å². The molecule has 1 saturated heterocycles. The fraction of sp³-hybridized carbons (Fsp3) is 0.400. The summed E-state index contributed by atoms with van der Waals surface area (Å²) in [5.74, 6) is -0.927. The Morgan fingerprint density at radius 2 is 1.68 bits per heavy atom. The van der Waals surface area contributed by atoms with E-state index in [2.05, 4.69) is 50.1 Å². The average Bonchev–Trinajstić information content (AvgIpc) is 2.63. The molecule has 2 rings (SSSR count). The van der Waals surface area contributed by atoms with Crippen molar-refractivity contribution in [3.63, 3.8) is 0 Å². The highest BCUT2D eigenvalue weighted by atomic mass is 16.2. The molecule has 134 valence electrons. The monoisotopic (exact) mass is 341 g/mol. The predicted molar refractivity (Wildman–Crippen MR) is 102 cm³/mol. The number of rotatable bonds is 5. The van der Waals surface area contributed by atoms with Crippen molar-refractivity contribution in [3.05, 3.63) is 54.6 Å². The van der Waals surface area contributed by atoms with Gasteiger partial charge in [0.1, 0.15) is 0 Å². The van der Waals surface area contributed by atoms with Crippen molar-refractivity contribution in [1.82, 2.24) is 9.80 Å². The molecule has 1 aliphatic rings. The van der Waals surface area contributed by atoms with E-state index < -0.39 is 11.8 Å². The third kappa shape index (κ3) is 4.29. The number of carbonyl (C=O) groups excluding carboxylic acids is 2. The van der Waals surface area contributed by atoms with Gasteiger partial charge in [-0.1, -0.05) is 24.3 Å². The molecule has 0 aromatic heterocycles. The molecule has 0 saturated carbocycles. The zero-order chi connectivity index (χ0) is 18.4. The highest BCUT2D eigenvalue weighted by Gasteiger charge is 2.29. The Balaban J connectivity index is 2.00. The van der Waals surface area contributed by atoms with E-state index in [-0.39, 0.29) is 0 Å². The summed E-state index contributed by atoms with van der Waals surface area (Å²) in [7, 11) is 0. The molecule has 1 aromatic rings. The van der Waals surface area contributed by atoms with Crippen LogP contribution in [-0.4, -0.2) is 60.9 Å². The molecule has 5 heteroatoms. The molecule has 25 heavy (non-hydrogen) atoms. The molecule has 0 N–H and O–H groups in total. The van der Waals surface area contributed by atoms with Gasteiger partial charge in [-0.2, -0.15) is 0 Å². The summed E-state index contributed by atoms with van der Waals surface area (Å²) in [6, 6.07) is 6.27. The first kappa shape index (κ1) is 18.8. The van der Waals surface area contributed by atoms with Crippen molar-refractivity contribution in [2.45, 2.75) is 13.8 Å². The third-order valence-corrected chi connectivity index (χ3v) is 4.65. The van der Waals surface area contributed by atoms with E-state index in [1.807, 2.05) is 0 Å². The Hall–Kier alpha value is -2.56. The summed E-state index contributed by atoms with van der Waals surface area (Å²) in [5.41, 5.74) is 3.73. The summed E-state index contributed by atoms with van der Waals surface area (Å²) in [5, 5.41) is 0. The second-order valence-corrected chi connectivity index (χ2v) is 6.29. The predicted octanol–water partition coefficient (Wildman–Crippen LogP) is 2.15. The van der Waals surface area contributed by atoms with E-state index in [1.54, 1.807) is 17.1 Å². The molecular weight excluding hydrogens is 314 g/mol. The van der Waals surface area contributed by atoms with Gasteiger partial charge in [0.15, 0.2) is 0 Å². The molecule has 1 aliphatic heterocycles. The molecule has 0 radical (unpaired) electrons. The number of carbonyl (C=O) groups is 2. The number of hydrogen-bond acceptors (Lipinski definition) is 3. The number of hydrogen-bond donors (Lipinski definition) is 0. The molecule has 0 spiro atoms. The second kappa shape index (κ2) is 8.51. The van der Waals surface area contributed by atoms with Crippen LogP contribution in [0.15, 0.2) is 43.5 Å². The summed E-state index contributed by atoms with van der Waals surface area (Å²) in [6.07, 6.45) is 3.24. The number of aryl methyl sites for hydroxylation is 1. The molecule has 1 heterocycles. The Morgan fingerprint density at radius 3 is 2.24 bits per heavy atom. The van der Waals surface area contributed by atoms with Gasteiger partial charge < -0.3 is 14.7 Å². The standard InChI is InChI=1S/C20H27N3O2/c1-5-10-22(11-6-2)19(24)20(25)23-14-12-21(13-15-23)18-9-7-8-16(3)17(18)4/h5-9H,1-2,10-15H2,3-4H3. The summed E-state index contributed by atoms with van der Waals surface area (Å²) in [4.78, 5) is 30.3. The van der Waals surface area contributed by atoms with Gasteiger partial charge in [-0.05, 0) is 31.0 Å². The van der Waals surface area contributed by atoms with Gasteiger partial charge in [-0.3, -0.25) is 9.59 Å². The smallest absolute Gasteiger partial charge is 0.312 e. The van der Waals surface area contributed by atoms with Crippen LogP contribution in [-0.2, 0) is 9.59 Å². The Morgan fingerprint density at radius 1 is 1.08 bits per heavy atom. The minimum atomic E-state index is -0.486. The van der Waals surface area contributed by atoms with Gasteiger partial charge in [0.05, 0.1) is 0 Å². The Labute approximate surface area is 150 Å². The zero-order valence-electron chi connectivity index (χ0n) is 15.2. The van der Waals surface area contributed by atoms with E-state index in [1.165, 1.54) is 21.7 Å². The van der Waals surface area contributed by atoms with Crippen LogP contribution < -0.4 is 4.90 Å². The van der Waals surface area contributed by atoms with Crippen LogP contribution in [0.5, 0.6) is 0 Å². The summed E-state index contributed by atoms with van der Waals surface area (Å²) < 4.78 is 0. The van der Waals surface area contributed by atoms with Crippen molar-refractivity contribution in [2.75, 3.05) is 44.2 Å². The second-order valence-electron chi connectivity index (χ2n) is 6.29. The number of piperazine rings is 1. The summed E-state index contributed by atoms with van der Waals surface area (Å²) in [6.45, 7) is 14.7. The van der Waals surface area contributed by atoms with Crippen molar-refractivity contribution < 1.29 is 9.59 Å². The highest BCUT2D eigenvalue weighted by molar-refractivity contribution is 6.35. The van der Waals surface area contributed by atoms with Crippen LogP contribution in [0.25, 0.3) is 0 Å². The van der Waals surface area contributed by atoms with Crippen molar-refractivity contribution >= 4 is 17.5 Å². The lowest BCUT2D eigenvalue weighted by molar-refractivity contribution is -0.151. The van der Waals surface area contributed by atoms with E-state index in [0.29, 0.717) is 26.2 Å². The average molecular weight is 341 g/mol. The lowest BCUT2D eigenvalue weighted by atomic mass is 10.1. The quantitative estimate of drug-likeness (QED) is 0.609. The topological polar surface area (TPSA) is 43.9 Å². The van der Waals surface area contributed by atoms with Crippen LogP contribution in [0.1, 0.15) is 11.1 Å². The molecule has 5 nitrogen and oxygen atoms in total. The zero-order valence-corrected chi connectivity index (χ0v) is 15.2. The van der Waals surface area contributed by atoms with Gasteiger partial charge in [0.25, 0.3) is 0 Å². The maximum absolute atomic E-state index is 12.5. The minimum absolute atomic E-state index is 0.346. The van der Waals surface area contributed by atoms with Crippen LogP contribution in [0.2, 0.25) is 0 Å². The normalized spacial score (nSPS) is 14.2. The number of benzene rings is 1. The molecule has 0 aliphatic carbocycles. The lowest BCUT2D eigenvalue weighted by Crippen LogP contribution is -2.53. The van der Waals surface area contributed by atoms with Crippen LogP contribution >= 0.6 is 0 Å². The third-order valence-electron chi connectivity index (χ3n) is 4.65. The van der Waals surface area contributed by atoms with Crippen molar-refractivity contribution in [1.29, 1.82) is 0 Å². The molecule has 1 aromatic carbocycles. The largest absolute Gasteiger partial charge is 0.368 e. The SMILES string of the molecule is C=CCN(CC=C)C(=O)C(=O)N1CCN(c2cccc(C)c2C)CC1. The first-order valence-corrected chi connectivity index (χ1v) is 8.60. The highest BCUT2D eigenvalue weighted by Crippen LogP contribution is 2.23. The molecule has 2 amide bonds. The maximum Gasteiger partial charge on any atom is 0.312 e. The lowest BCUT2D eigenvalue weighted by Gasteiger charge is -2.37. The van der Waals surface area contributed by atoms with Gasteiger partial charge >= 0.3 is 11.8 Å². The number of amides is 2. The van der Waals surface area contributed by atoms with Crippen LogP contribution in [0.3, 0.4) is 0 Å². The minimum Gasteiger partial charge on any atom is -0.368 e. The fourth-order valence-corrected chi connectivity index (χ4v) is 3.05.